The molecule has 0 saturated heterocycles. The van der Waals surface area contributed by atoms with Crippen LogP contribution in [0.2, 0.25) is 0 Å². The van der Waals surface area contributed by atoms with Gasteiger partial charge in [0.05, 0.1) is 0 Å². The molecule has 0 aromatic heterocycles. The highest BCUT2D eigenvalue weighted by molar-refractivity contribution is 4.77. The highest BCUT2D eigenvalue weighted by Crippen LogP contribution is 2.06. The Bertz CT molecular complexity index is 53.6. The molecule has 0 aliphatic heterocycles. The van der Waals surface area contributed by atoms with Gasteiger partial charge in [0, 0.05) is 5.54 Å². The van der Waals surface area contributed by atoms with E-state index in [-0.39, 0.29) is 0 Å². The Hall–Kier alpha value is -0.110. The molecule has 2 heteroatoms. The number of nitrogens with two attached hydrogens (primary N) is 1. The largest absolute Gasteiger partial charge is 0.323 e. The van der Waals surface area contributed by atoms with E-state index in [1.54, 1.807) is 13.8 Å². The van der Waals surface area contributed by atoms with Gasteiger partial charge in [-0.3, -0.25) is 0 Å². The average Bonchev–Trinajstić information content (AvgIpc) is 1.31. The summed E-state index contributed by atoms with van der Waals surface area (Å²) in [4.78, 5) is 0. The first-order chi connectivity index (χ1) is 2.94. The van der Waals surface area contributed by atoms with Crippen LogP contribution >= 0.6 is 0 Å². The minimum Gasteiger partial charge on any atom is -0.323 e. The predicted octanol–water partition coefficient (Wildman–Crippen LogP) is 1.08. The minimum atomic E-state index is -0.924. The van der Waals surface area contributed by atoms with Crippen LogP contribution in [0.3, 0.4) is 0 Å². The maximum atomic E-state index is 12.1. The number of hydrogen-bond donors (Lipinski definition) is 1. The Morgan fingerprint density at radius 3 is 1.71 bits per heavy atom. The van der Waals surface area contributed by atoms with Crippen LogP contribution in [0.25, 0.3) is 0 Å². The summed E-state index contributed by atoms with van der Waals surface area (Å²) in [6.45, 7) is 4.79. The molecule has 0 bridgehead atoms. The van der Waals surface area contributed by atoms with Crippen LogP contribution in [0.4, 0.5) is 4.39 Å². The van der Waals surface area contributed by atoms with Crippen LogP contribution in [0, 0.1) is 0 Å². The second-order valence-corrected chi connectivity index (χ2v) is 2.44. The van der Waals surface area contributed by atoms with Crippen LogP contribution in [-0.2, 0) is 0 Å². The number of rotatable bonds is 1. The molecule has 1 nitrogen and oxygen atoms in total. The molecule has 1 atom stereocenters. The highest BCUT2D eigenvalue weighted by atomic mass is 19.1. The summed E-state index contributed by atoms with van der Waals surface area (Å²) in [5.41, 5.74) is 4.64. The zero-order valence-electron chi connectivity index (χ0n) is 5.03. The van der Waals surface area contributed by atoms with Crippen molar-refractivity contribution in [1.82, 2.24) is 0 Å². The molecular weight excluding hydrogens is 93.1 g/mol. The Kier molecular flexibility index (Phi) is 1.75. The van der Waals surface area contributed by atoms with Crippen molar-refractivity contribution in [3.8, 4) is 0 Å². The molecule has 0 aromatic carbocycles. The van der Waals surface area contributed by atoms with E-state index in [1.165, 1.54) is 6.92 Å². The van der Waals surface area contributed by atoms with Gasteiger partial charge < -0.3 is 5.73 Å². The third kappa shape index (κ3) is 2.57. The average molecular weight is 105 g/mol. The van der Waals surface area contributed by atoms with Crippen molar-refractivity contribution < 1.29 is 4.39 Å². The molecular formula is C5H12FN. The summed E-state index contributed by atoms with van der Waals surface area (Å²) in [6, 6.07) is 0. The van der Waals surface area contributed by atoms with Crippen LogP contribution in [0.5, 0.6) is 0 Å². The molecule has 0 heterocycles. The van der Waals surface area contributed by atoms with Crippen LogP contribution in [0.1, 0.15) is 20.8 Å². The van der Waals surface area contributed by atoms with Crippen molar-refractivity contribution >= 4 is 0 Å². The van der Waals surface area contributed by atoms with Gasteiger partial charge in [0.1, 0.15) is 6.17 Å². The molecule has 0 aromatic rings. The Labute approximate surface area is 43.7 Å². The lowest BCUT2D eigenvalue weighted by Crippen LogP contribution is -2.40. The monoisotopic (exact) mass is 105 g/mol. The first kappa shape index (κ1) is 6.89. The molecule has 0 aliphatic rings. The molecule has 0 amide bonds. The van der Waals surface area contributed by atoms with Crippen molar-refractivity contribution in [2.24, 2.45) is 5.73 Å². The maximum absolute atomic E-state index is 12.1. The van der Waals surface area contributed by atoms with E-state index in [1.807, 2.05) is 0 Å². The van der Waals surface area contributed by atoms with E-state index in [0.29, 0.717) is 0 Å². The van der Waals surface area contributed by atoms with Crippen LogP contribution in [0.15, 0.2) is 0 Å². The Morgan fingerprint density at radius 1 is 1.57 bits per heavy atom. The number of halogens is 1. The molecule has 0 rings (SSSR count). The van der Waals surface area contributed by atoms with E-state index in [4.69, 9.17) is 5.73 Å². The third-order valence-electron chi connectivity index (χ3n) is 1.03. The number of alkyl halides is 1. The first-order valence-corrected chi connectivity index (χ1v) is 2.37. The summed E-state index contributed by atoms with van der Waals surface area (Å²) in [5, 5.41) is 0. The van der Waals surface area contributed by atoms with Gasteiger partial charge in [-0.05, 0) is 20.8 Å². The van der Waals surface area contributed by atoms with E-state index in [2.05, 4.69) is 0 Å². The Morgan fingerprint density at radius 2 is 1.71 bits per heavy atom. The fraction of sp³-hybridized carbons (Fsp3) is 1.00. The molecule has 1 unspecified atom stereocenters. The van der Waals surface area contributed by atoms with Crippen LogP contribution in [-0.4, -0.2) is 11.7 Å². The standard InChI is InChI=1S/C5H12FN/c1-4(6)5(2,3)7/h4H,7H2,1-3H3. The van der Waals surface area contributed by atoms with Crippen molar-refractivity contribution in [2.45, 2.75) is 32.5 Å². The van der Waals surface area contributed by atoms with Gasteiger partial charge in [-0.15, -0.1) is 0 Å². The fourth-order valence-electron chi connectivity index (χ4n) is 0. The molecule has 0 fully saturated rings. The van der Waals surface area contributed by atoms with Gasteiger partial charge in [-0.1, -0.05) is 0 Å². The lowest BCUT2D eigenvalue weighted by molar-refractivity contribution is 0.240. The van der Waals surface area contributed by atoms with E-state index < -0.39 is 11.7 Å². The van der Waals surface area contributed by atoms with Gasteiger partial charge in [0.25, 0.3) is 0 Å². The van der Waals surface area contributed by atoms with Crippen molar-refractivity contribution in [3.63, 3.8) is 0 Å². The predicted molar refractivity (Wildman–Crippen MR) is 28.8 cm³/mol. The quantitative estimate of drug-likeness (QED) is 0.530. The Balaban J connectivity index is 3.54. The number of hydrogen-bond acceptors (Lipinski definition) is 1. The van der Waals surface area contributed by atoms with E-state index in [0.717, 1.165) is 0 Å². The van der Waals surface area contributed by atoms with Crippen molar-refractivity contribution in [1.29, 1.82) is 0 Å². The van der Waals surface area contributed by atoms with E-state index >= 15 is 0 Å². The summed E-state index contributed by atoms with van der Waals surface area (Å²) in [5.74, 6) is 0. The molecule has 7 heavy (non-hydrogen) atoms. The van der Waals surface area contributed by atoms with Gasteiger partial charge in [0.15, 0.2) is 0 Å². The molecule has 0 spiro atoms. The molecule has 44 valence electrons. The summed E-state index contributed by atoms with van der Waals surface area (Å²) in [6.07, 6.45) is -0.924. The minimum absolute atomic E-state index is 0.667. The topological polar surface area (TPSA) is 26.0 Å². The SMILES string of the molecule is CC(F)C(C)(C)N. The zero-order valence-corrected chi connectivity index (χ0v) is 5.03. The third-order valence-corrected chi connectivity index (χ3v) is 1.03. The summed E-state index contributed by atoms with van der Waals surface area (Å²) < 4.78 is 12.1. The molecule has 0 aliphatic carbocycles. The van der Waals surface area contributed by atoms with Crippen molar-refractivity contribution in [2.75, 3.05) is 0 Å². The summed E-state index contributed by atoms with van der Waals surface area (Å²) in [7, 11) is 0. The lowest BCUT2D eigenvalue weighted by Gasteiger charge is -2.18. The van der Waals surface area contributed by atoms with Gasteiger partial charge in [0.2, 0.25) is 0 Å². The van der Waals surface area contributed by atoms with Crippen molar-refractivity contribution in [3.05, 3.63) is 0 Å². The first-order valence-electron chi connectivity index (χ1n) is 2.37. The second-order valence-electron chi connectivity index (χ2n) is 2.44. The normalized spacial score (nSPS) is 16.7. The molecule has 0 saturated carbocycles. The molecule has 2 N–H and O–H groups in total. The van der Waals surface area contributed by atoms with Gasteiger partial charge in [-0.25, -0.2) is 4.39 Å². The summed E-state index contributed by atoms with van der Waals surface area (Å²) >= 11 is 0. The fourth-order valence-corrected chi connectivity index (χ4v) is 0. The molecule has 0 radical (unpaired) electrons. The van der Waals surface area contributed by atoms with E-state index in [9.17, 15) is 4.39 Å². The maximum Gasteiger partial charge on any atom is 0.115 e. The smallest absolute Gasteiger partial charge is 0.115 e. The highest BCUT2D eigenvalue weighted by Gasteiger charge is 2.18. The lowest BCUT2D eigenvalue weighted by atomic mass is 10.0. The zero-order chi connectivity index (χ0) is 6.08. The van der Waals surface area contributed by atoms with Crippen LogP contribution < -0.4 is 5.73 Å². The van der Waals surface area contributed by atoms with Gasteiger partial charge in [-0.2, -0.15) is 0 Å². The second kappa shape index (κ2) is 1.78. The van der Waals surface area contributed by atoms with Gasteiger partial charge >= 0.3 is 0 Å².